The molecule has 9 heteroatoms. The van der Waals surface area contributed by atoms with Crippen molar-refractivity contribution in [1.29, 1.82) is 0 Å². The van der Waals surface area contributed by atoms with Crippen LogP contribution >= 0.6 is 22.9 Å². The fourth-order valence-electron chi connectivity index (χ4n) is 3.97. The van der Waals surface area contributed by atoms with Gasteiger partial charge in [0.2, 0.25) is 10.0 Å². The summed E-state index contributed by atoms with van der Waals surface area (Å²) in [4.78, 5) is 18.1. The zero-order chi connectivity index (χ0) is 21.6. The van der Waals surface area contributed by atoms with Gasteiger partial charge >= 0.3 is 0 Å². The molecule has 158 valence electrons. The minimum absolute atomic E-state index is 0.130. The molecule has 1 aliphatic heterocycles. The Morgan fingerprint density at radius 1 is 1.20 bits per heavy atom. The van der Waals surface area contributed by atoms with E-state index in [-0.39, 0.29) is 4.90 Å². The van der Waals surface area contributed by atoms with Crippen molar-refractivity contribution >= 4 is 49.1 Å². The first kappa shape index (κ1) is 21.2. The number of halogens is 1. The number of amides is 1. The molecule has 6 nitrogen and oxygen atoms in total. The van der Waals surface area contributed by atoms with Crippen LogP contribution in [0.5, 0.6) is 0 Å². The lowest BCUT2D eigenvalue weighted by molar-refractivity contribution is -0.121. The number of fused-ring (bicyclic) bond motifs is 1. The monoisotopic (exact) mass is 463 g/mol. The van der Waals surface area contributed by atoms with Crippen molar-refractivity contribution in [2.75, 3.05) is 6.54 Å². The van der Waals surface area contributed by atoms with Gasteiger partial charge in [0.15, 0.2) is 4.80 Å². The van der Waals surface area contributed by atoms with Crippen molar-refractivity contribution in [3.05, 3.63) is 57.3 Å². The molecule has 1 unspecified atom stereocenters. The van der Waals surface area contributed by atoms with E-state index in [0.717, 1.165) is 21.3 Å². The van der Waals surface area contributed by atoms with Crippen LogP contribution in [-0.2, 0) is 21.9 Å². The summed E-state index contributed by atoms with van der Waals surface area (Å²) in [7, 11) is -1.92. The molecule has 4 rings (SSSR count). The van der Waals surface area contributed by atoms with Gasteiger partial charge in [0, 0.05) is 18.6 Å². The number of aryl methyl sites for hydroxylation is 3. The van der Waals surface area contributed by atoms with Crippen LogP contribution in [0.1, 0.15) is 24.0 Å². The van der Waals surface area contributed by atoms with Gasteiger partial charge in [-0.25, -0.2) is 8.42 Å². The fourth-order valence-corrected chi connectivity index (χ4v) is 6.95. The second-order valence-electron chi connectivity index (χ2n) is 7.55. The summed E-state index contributed by atoms with van der Waals surface area (Å²) in [5.41, 5.74) is 3.30. The average Bonchev–Trinajstić information content (AvgIpc) is 3.28. The first-order chi connectivity index (χ1) is 14.2. The molecule has 1 atom stereocenters. The first-order valence-electron chi connectivity index (χ1n) is 9.61. The number of aromatic nitrogens is 1. The minimum atomic E-state index is -3.80. The maximum absolute atomic E-state index is 13.1. The van der Waals surface area contributed by atoms with Gasteiger partial charge < -0.3 is 4.57 Å². The Morgan fingerprint density at radius 3 is 2.60 bits per heavy atom. The Bertz CT molecular complexity index is 1310. The first-order valence-corrected chi connectivity index (χ1v) is 12.2. The summed E-state index contributed by atoms with van der Waals surface area (Å²) in [6.45, 7) is 4.37. The van der Waals surface area contributed by atoms with E-state index >= 15 is 0 Å². The molecule has 2 heterocycles. The standard InChI is InChI=1S/C21H22ClN3O3S2/c1-13-11-14(2)19-18(12-13)29-21(24(19)3)23-20(26)17-5-4-10-25(17)30(27,28)16-8-6-15(22)7-9-16/h6-9,11-12,17H,4-5,10H2,1-3H3. The molecule has 1 aromatic heterocycles. The van der Waals surface area contributed by atoms with E-state index in [1.54, 1.807) is 0 Å². The van der Waals surface area contributed by atoms with E-state index in [9.17, 15) is 13.2 Å². The van der Waals surface area contributed by atoms with Crippen LogP contribution in [0.2, 0.25) is 5.02 Å². The van der Waals surface area contributed by atoms with Gasteiger partial charge in [-0.1, -0.05) is 29.0 Å². The van der Waals surface area contributed by atoms with E-state index in [4.69, 9.17) is 11.6 Å². The molecule has 1 amide bonds. The van der Waals surface area contributed by atoms with E-state index in [1.165, 1.54) is 39.9 Å². The molecule has 1 saturated heterocycles. The highest BCUT2D eigenvalue weighted by Crippen LogP contribution is 2.28. The second kappa shape index (κ2) is 7.92. The number of hydrogen-bond donors (Lipinski definition) is 0. The molecule has 1 aliphatic rings. The maximum atomic E-state index is 13.1. The number of carbonyl (C=O) groups excluding carboxylic acids is 1. The van der Waals surface area contributed by atoms with Gasteiger partial charge in [-0.2, -0.15) is 9.30 Å². The molecule has 0 radical (unpaired) electrons. The predicted molar refractivity (Wildman–Crippen MR) is 119 cm³/mol. The molecule has 0 aliphatic carbocycles. The second-order valence-corrected chi connectivity index (χ2v) is 10.9. The van der Waals surface area contributed by atoms with Crippen molar-refractivity contribution in [3.8, 4) is 0 Å². The Morgan fingerprint density at radius 2 is 1.90 bits per heavy atom. The summed E-state index contributed by atoms with van der Waals surface area (Å²) in [5.74, 6) is -0.429. The van der Waals surface area contributed by atoms with Gasteiger partial charge in [-0.3, -0.25) is 4.79 Å². The molecule has 1 fully saturated rings. The third-order valence-electron chi connectivity index (χ3n) is 5.35. The molecule has 30 heavy (non-hydrogen) atoms. The van der Waals surface area contributed by atoms with E-state index in [1.807, 2.05) is 25.5 Å². The van der Waals surface area contributed by atoms with Crippen LogP contribution < -0.4 is 4.80 Å². The van der Waals surface area contributed by atoms with Crippen LogP contribution in [0.15, 0.2) is 46.3 Å². The maximum Gasteiger partial charge on any atom is 0.266 e. The molecule has 3 aromatic rings. The minimum Gasteiger partial charge on any atom is -0.319 e. The summed E-state index contributed by atoms with van der Waals surface area (Å²) >= 11 is 7.32. The predicted octanol–water partition coefficient (Wildman–Crippen LogP) is 3.79. The van der Waals surface area contributed by atoms with Crippen LogP contribution in [-0.4, -0.2) is 35.8 Å². The van der Waals surface area contributed by atoms with Crippen LogP contribution in [0.25, 0.3) is 10.2 Å². The van der Waals surface area contributed by atoms with Crippen LogP contribution in [0.4, 0.5) is 0 Å². The van der Waals surface area contributed by atoms with Crippen molar-refractivity contribution in [3.63, 3.8) is 0 Å². The number of nitrogens with zero attached hydrogens (tertiary/aromatic N) is 3. The molecule has 0 saturated carbocycles. The Hall–Kier alpha value is -2.00. The number of rotatable bonds is 3. The van der Waals surface area contributed by atoms with E-state index in [2.05, 4.69) is 17.1 Å². The Labute approximate surface area is 184 Å². The van der Waals surface area contributed by atoms with Crippen molar-refractivity contribution in [2.24, 2.45) is 12.0 Å². The Balaban J connectivity index is 1.71. The summed E-state index contributed by atoms with van der Waals surface area (Å²) < 4.78 is 30.4. The van der Waals surface area contributed by atoms with Gasteiger partial charge in [0.1, 0.15) is 6.04 Å². The number of hydrogen-bond acceptors (Lipinski definition) is 4. The van der Waals surface area contributed by atoms with Crippen molar-refractivity contribution in [2.45, 2.75) is 37.6 Å². The quantitative estimate of drug-likeness (QED) is 0.593. The zero-order valence-electron chi connectivity index (χ0n) is 16.9. The highest BCUT2D eigenvalue weighted by Gasteiger charge is 2.39. The molecular formula is C21H22ClN3O3S2. The van der Waals surface area contributed by atoms with E-state index in [0.29, 0.717) is 29.2 Å². The third kappa shape index (κ3) is 3.73. The van der Waals surface area contributed by atoms with Crippen LogP contribution in [0, 0.1) is 13.8 Å². The number of carbonyl (C=O) groups is 1. The lowest BCUT2D eigenvalue weighted by atomic mass is 10.1. The van der Waals surface area contributed by atoms with Gasteiger partial charge in [-0.15, -0.1) is 0 Å². The lowest BCUT2D eigenvalue weighted by Gasteiger charge is -2.21. The van der Waals surface area contributed by atoms with Crippen molar-refractivity contribution in [1.82, 2.24) is 8.87 Å². The molecule has 0 bridgehead atoms. The van der Waals surface area contributed by atoms with Crippen molar-refractivity contribution < 1.29 is 13.2 Å². The normalized spacial score (nSPS) is 18.4. The number of benzene rings is 2. The number of sulfonamides is 1. The average molecular weight is 464 g/mol. The molecule has 0 N–H and O–H groups in total. The highest BCUT2D eigenvalue weighted by atomic mass is 35.5. The largest absolute Gasteiger partial charge is 0.319 e. The highest BCUT2D eigenvalue weighted by molar-refractivity contribution is 7.89. The molecule has 0 spiro atoms. The lowest BCUT2D eigenvalue weighted by Crippen LogP contribution is -2.40. The van der Waals surface area contributed by atoms with Gasteiger partial charge in [0.25, 0.3) is 5.91 Å². The van der Waals surface area contributed by atoms with Gasteiger partial charge in [-0.05, 0) is 68.1 Å². The van der Waals surface area contributed by atoms with Crippen LogP contribution in [0.3, 0.4) is 0 Å². The number of thiazole rings is 1. The zero-order valence-corrected chi connectivity index (χ0v) is 19.3. The SMILES string of the molecule is Cc1cc(C)c2c(c1)sc(=NC(=O)C1CCCN1S(=O)(=O)c1ccc(Cl)cc1)n2C. The smallest absolute Gasteiger partial charge is 0.266 e. The Kier molecular flexibility index (Phi) is 5.61. The topological polar surface area (TPSA) is 71.7 Å². The molecular weight excluding hydrogens is 442 g/mol. The summed E-state index contributed by atoms with van der Waals surface area (Å²) in [6.07, 6.45) is 1.08. The third-order valence-corrected chi connectivity index (χ3v) is 8.60. The van der Waals surface area contributed by atoms with E-state index < -0.39 is 22.0 Å². The summed E-state index contributed by atoms with van der Waals surface area (Å²) in [5, 5.41) is 0.459. The fraction of sp³-hybridized carbons (Fsp3) is 0.333. The van der Waals surface area contributed by atoms with Gasteiger partial charge in [0.05, 0.1) is 15.1 Å². The summed E-state index contributed by atoms with van der Waals surface area (Å²) in [6, 6.07) is 9.37. The molecule has 2 aromatic carbocycles.